The molecule has 0 aliphatic carbocycles. The Morgan fingerprint density at radius 2 is 2.13 bits per heavy atom. The van der Waals surface area contributed by atoms with E-state index in [0.29, 0.717) is 18.8 Å². The van der Waals surface area contributed by atoms with Gasteiger partial charge in [-0.1, -0.05) is 0 Å². The standard InChI is InChI=1S/C9H10ClF3N2/c10-4-2-6-15-8-7(9(11,12)13)3-1-5-14-8/h1,3,5H,2,4,6H2,(H,14,15). The van der Waals surface area contributed by atoms with E-state index < -0.39 is 11.7 Å². The first-order valence-corrected chi connectivity index (χ1v) is 4.91. The van der Waals surface area contributed by atoms with Crippen molar-refractivity contribution >= 4 is 17.4 Å². The molecule has 0 amide bonds. The minimum Gasteiger partial charge on any atom is -0.370 e. The van der Waals surface area contributed by atoms with Gasteiger partial charge in [0.15, 0.2) is 0 Å². The lowest BCUT2D eigenvalue weighted by molar-refractivity contribution is -0.137. The summed E-state index contributed by atoms with van der Waals surface area (Å²) >= 11 is 5.41. The Labute approximate surface area is 90.5 Å². The molecule has 0 fully saturated rings. The molecular weight excluding hydrogens is 229 g/mol. The van der Waals surface area contributed by atoms with Crippen LogP contribution in [0.1, 0.15) is 12.0 Å². The molecule has 0 saturated heterocycles. The minimum atomic E-state index is -4.38. The van der Waals surface area contributed by atoms with Crippen molar-refractivity contribution < 1.29 is 13.2 Å². The molecule has 6 heteroatoms. The van der Waals surface area contributed by atoms with Crippen molar-refractivity contribution in [3.63, 3.8) is 0 Å². The van der Waals surface area contributed by atoms with Crippen LogP contribution in [0.15, 0.2) is 18.3 Å². The SMILES string of the molecule is FC(F)(F)c1cccnc1NCCCCl. The Kier molecular flexibility index (Phi) is 4.20. The second-order valence-corrected chi connectivity index (χ2v) is 3.24. The van der Waals surface area contributed by atoms with Crippen LogP contribution in [-0.4, -0.2) is 17.4 Å². The molecule has 1 aromatic heterocycles. The topological polar surface area (TPSA) is 24.9 Å². The zero-order valence-corrected chi connectivity index (χ0v) is 8.57. The number of alkyl halides is 4. The van der Waals surface area contributed by atoms with Crippen LogP contribution in [0.2, 0.25) is 0 Å². The maximum atomic E-state index is 12.5. The van der Waals surface area contributed by atoms with Crippen molar-refractivity contribution in [3.8, 4) is 0 Å². The molecular formula is C9H10ClF3N2. The average Bonchev–Trinajstić information content (AvgIpc) is 2.17. The molecule has 0 aliphatic rings. The van der Waals surface area contributed by atoms with E-state index in [4.69, 9.17) is 11.6 Å². The molecule has 0 radical (unpaired) electrons. The number of hydrogen-bond donors (Lipinski definition) is 1. The van der Waals surface area contributed by atoms with Gasteiger partial charge in [-0.25, -0.2) is 4.98 Å². The lowest BCUT2D eigenvalue weighted by Gasteiger charge is -2.12. The average molecular weight is 239 g/mol. The minimum absolute atomic E-state index is 0.143. The first kappa shape index (κ1) is 12.1. The molecule has 0 bridgehead atoms. The first-order chi connectivity index (χ1) is 7.05. The summed E-state index contributed by atoms with van der Waals surface area (Å²) < 4.78 is 37.4. The smallest absolute Gasteiger partial charge is 0.370 e. The second kappa shape index (κ2) is 5.21. The van der Waals surface area contributed by atoms with Gasteiger partial charge in [0, 0.05) is 18.6 Å². The van der Waals surface area contributed by atoms with Gasteiger partial charge in [-0.3, -0.25) is 0 Å². The molecule has 2 nitrogen and oxygen atoms in total. The summed E-state index contributed by atoms with van der Waals surface area (Å²) in [6, 6.07) is 2.26. The summed E-state index contributed by atoms with van der Waals surface area (Å²) in [6.45, 7) is 0.379. The molecule has 84 valence electrons. The largest absolute Gasteiger partial charge is 0.419 e. The highest BCUT2D eigenvalue weighted by molar-refractivity contribution is 6.17. The molecule has 1 heterocycles. The molecule has 0 atom stereocenters. The van der Waals surface area contributed by atoms with Crippen LogP contribution < -0.4 is 5.32 Å². The Morgan fingerprint density at radius 3 is 2.73 bits per heavy atom. The fourth-order valence-corrected chi connectivity index (χ4v) is 1.18. The first-order valence-electron chi connectivity index (χ1n) is 4.37. The van der Waals surface area contributed by atoms with Gasteiger partial charge >= 0.3 is 6.18 Å². The van der Waals surface area contributed by atoms with Crippen molar-refractivity contribution in [3.05, 3.63) is 23.9 Å². The van der Waals surface area contributed by atoms with Crippen molar-refractivity contribution in [2.45, 2.75) is 12.6 Å². The van der Waals surface area contributed by atoms with Gasteiger partial charge in [0.1, 0.15) is 5.82 Å². The monoisotopic (exact) mass is 238 g/mol. The highest BCUT2D eigenvalue weighted by Gasteiger charge is 2.33. The van der Waals surface area contributed by atoms with E-state index in [1.165, 1.54) is 12.3 Å². The molecule has 0 spiro atoms. The van der Waals surface area contributed by atoms with Crippen LogP contribution in [0.4, 0.5) is 19.0 Å². The molecule has 0 saturated carbocycles. The van der Waals surface area contributed by atoms with Gasteiger partial charge < -0.3 is 5.32 Å². The predicted molar refractivity (Wildman–Crippen MR) is 53.1 cm³/mol. The Hall–Kier alpha value is -0.970. The van der Waals surface area contributed by atoms with Crippen LogP contribution in [0, 0.1) is 0 Å². The van der Waals surface area contributed by atoms with Gasteiger partial charge in [0.25, 0.3) is 0 Å². The molecule has 0 aliphatic heterocycles. The highest BCUT2D eigenvalue weighted by Crippen LogP contribution is 2.33. The summed E-state index contributed by atoms with van der Waals surface area (Å²) in [7, 11) is 0. The molecule has 15 heavy (non-hydrogen) atoms. The van der Waals surface area contributed by atoms with Crippen LogP contribution in [0.5, 0.6) is 0 Å². The van der Waals surface area contributed by atoms with Crippen molar-refractivity contribution in [2.24, 2.45) is 0 Å². The van der Waals surface area contributed by atoms with Gasteiger partial charge in [0.05, 0.1) is 5.56 Å². The predicted octanol–water partition coefficient (Wildman–Crippen LogP) is 3.14. The fraction of sp³-hybridized carbons (Fsp3) is 0.444. The van der Waals surface area contributed by atoms with E-state index in [1.54, 1.807) is 0 Å². The van der Waals surface area contributed by atoms with Gasteiger partial charge in [-0.05, 0) is 18.6 Å². The molecule has 1 N–H and O–H groups in total. The van der Waals surface area contributed by atoms with E-state index in [2.05, 4.69) is 10.3 Å². The number of aromatic nitrogens is 1. The van der Waals surface area contributed by atoms with E-state index in [1.807, 2.05) is 0 Å². The quantitative estimate of drug-likeness (QED) is 0.644. The van der Waals surface area contributed by atoms with E-state index in [9.17, 15) is 13.2 Å². The summed E-state index contributed by atoms with van der Waals surface area (Å²) in [4.78, 5) is 3.64. The van der Waals surface area contributed by atoms with Crippen LogP contribution in [-0.2, 0) is 6.18 Å². The van der Waals surface area contributed by atoms with Crippen LogP contribution >= 0.6 is 11.6 Å². The normalized spacial score (nSPS) is 11.5. The number of pyridine rings is 1. The highest BCUT2D eigenvalue weighted by atomic mass is 35.5. The maximum Gasteiger partial charge on any atom is 0.419 e. The molecule has 1 rings (SSSR count). The number of nitrogens with zero attached hydrogens (tertiary/aromatic N) is 1. The summed E-state index contributed by atoms with van der Waals surface area (Å²) in [5.74, 6) is 0.261. The number of anilines is 1. The summed E-state index contributed by atoms with van der Waals surface area (Å²) in [5.41, 5.74) is -0.750. The number of hydrogen-bond acceptors (Lipinski definition) is 2. The Bertz CT molecular complexity index is 314. The third-order valence-corrected chi connectivity index (χ3v) is 1.98. The lowest BCUT2D eigenvalue weighted by Crippen LogP contribution is -2.13. The van der Waals surface area contributed by atoms with Crippen molar-refractivity contribution in [1.82, 2.24) is 4.98 Å². The third kappa shape index (κ3) is 3.58. The van der Waals surface area contributed by atoms with E-state index >= 15 is 0 Å². The summed E-state index contributed by atoms with van der Waals surface area (Å²) in [6.07, 6.45) is -2.47. The maximum absolute atomic E-state index is 12.5. The zero-order chi connectivity index (χ0) is 11.3. The zero-order valence-electron chi connectivity index (χ0n) is 7.81. The van der Waals surface area contributed by atoms with Crippen LogP contribution in [0.3, 0.4) is 0 Å². The van der Waals surface area contributed by atoms with Crippen molar-refractivity contribution in [2.75, 3.05) is 17.7 Å². The van der Waals surface area contributed by atoms with E-state index in [0.717, 1.165) is 6.07 Å². The summed E-state index contributed by atoms with van der Waals surface area (Å²) in [5, 5.41) is 2.61. The fourth-order valence-electron chi connectivity index (χ4n) is 1.05. The van der Waals surface area contributed by atoms with Gasteiger partial charge in [-0.15, -0.1) is 11.6 Å². The Morgan fingerprint density at radius 1 is 1.40 bits per heavy atom. The number of nitrogens with one attached hydrogen (secondary N) is 1. The van der Waals surface area contributed by atoms with Gasteiger partial charge in [0.2, 0.25) is 0 Å². The number of halogens is 4. The third-order valence-electron chi connectivity index (χ3n) is 1.72. The van der Waals surface area contributed by atoms with Gasteiger partial charge in [-0.2, -0.15) is 13.2 Å². The van der Waals surface area contributed by atoms with Crippen LogP contribution in [0.25, 0.3) is 0 Å². The lowest BCUT2D eigenvalue weighted by atomic mass is 10.2. The second-order valence-electron chi connectivity index (χ2n) is 2.87. The van der Waals surface area contributed by atoms with Crippen molar-refractivity contribution in [1.29, 1.82) is 0 Å². The molecule has 1 aromatic rings. The number of rotatable bonds is 4. The Balaban J connectivity index is 2.78. The molecule has 0 aromatic carbocycles. The van der Waals surface area contributed by atoms with E-state index in [-0.39, 0.29) is 5.82 Å². The molecule has 0 unspecified atom stereocenters.